The summed E-state index contributed by atoms with van der Waals surface area (Å²) in [5, 5.41) is 12.0. The van der Waals surface area contributed by atoms with E-state index in [2.05, 4.69) is 0 Å². The van der Waals surface area contributed by atoms with E-state index in [-0.39, 0.29) is 24.6 Å². The predicted molar refractivity (Wildman–Crippen MR) is 129 cm³/mol. The summed E-state index contributed by atoms with van der Waals surface area (Å²) in [6.07, 6.45) is 1.25. The van der Waals surface area contributed by atoms with Gasteiger partial charge >= 0.3 is 12.0 Å². The lowest BCUT2D eigenvalue weighted by Crippen LogP contribution is -2.55. The van der Waals surface area contributed by atoms with Crippen LogP contribution in [0.25, 0.3) is 0 Å². The van der Waals surface area contributed by atoms with Gasteiger partial charge in [0, 0.05) is 18.8 Å². The molecule has 4 unspecified atom stereocenters. The van der Waals surface area contributed by atoms with Crippen molar-refractivity contribution in [2.75, 3.05) is 12.4 Å². The third kappa shape index (κ3) is 4.62. The molecule has 7 heteroatoms. The number of carbonyl (C=O) groups excluding carboxylic acids is 2. The monoisotopic (exact) mass is 468 g/mol. The van der Waals surface area contributed by atoms with Crippen LogP contribution in [0.4, 0.5) is 4.79 Å². The van der Waals surface area contributed by atoms with E-state index in [1.807, 2.05) is 72.5 Å². The van der Waals surface area contributed by atoms with Gasteiger partial charge in [-0.3, -0.25) is 4.79 Å². The van der Waals surface area contributed by atoms with Crippen LogP contribution in [0.3, 0.4) is 0 Å². The second-order valence-electron chi connectivity index (χ2n) is 8.68. The molecule has 0 aromatic heterocycles. The van der Waals surface area contributed by atoms with Crippen molar-refractivity contribution in [1.29, 1.82) is 0 Å². The number of urea groups is 1. The first-order chi connectivity index (χ1) is 16.0. The molecule has 2 heterocycles. The molecule has 2 saturated heterocycles. The van der Waals surface area contributed by atoms with Crippen molar-refractivity contribution in [1.82, 2.24) is 9.80 Å². The highest BCUT2D eigenvalue weighted by Crippen LogP contribution is 2.51. The molecule has 4 atom stereocenters. The first-order valence-electron chi connectivity index (χ1n) is 11.7. The van der Waals surface area contributed by atoms with Crippen LogP contribution in [0, 0.1) is 5.92 Å². The molecule has 4 rings (SSSR count). The maximum atomic E-state index is 13.7. The molecule has 0 spiro atoms. The molecule has 0 bridgehead atoms. The number of aliphatic hydroxyl groups is 1. The van der Waals surface area contributed by atoms with Crippen molar-refractivity contribution in [3.8, 4) is 0 Å². The number of fused-ring (bicyclic) bond motifs is 1. The van der Waals surface area contributed by atoms with Crippen LogP contribution in [0.5, 0.6) is 0 Å². The molecule has 6 nitrogen and oxygen atoms in total. The number of benzene rings is 2. The normalized spacial score (nSPS) is 25.2. The zero-order valence-corrected chi connectivity index (χ0v) is 20.0. The van der Waals surface area contributed by atoms with E-state index in [1.165, 1.54) is 11.8 Å². The highest BCUT2D eigenvalue weighted by molar-refractivity contribution is 8.00. The quantitative estimate of drug-likeness (QED) is 0.440. The van der Waals surface area contributed by atoms with E-state index in [0.717, 1.165) is 17.5 Å². The van der Waals surface area contributed by atoms with Crippen molar-refractivity contribution in [2.24, 2.45) is 5.92 Å². The Morgan fingerprint density at radius 1 is 1.06 bits per heavy atom. The molecule has 0 radical (unpaired) electrons. The number of amides is 2. The van der Waals surface area contributed by atoms with E-state index < -0.39 is 16.9 Å². The Bertz CT molecular complexity index is 957. The van der Waals surface area contributed by atoms with Gasteiger partial charge in [-0.05, 0) is 24.5 Å². The van der Waals surface area contributed by atoms with Crippen LogP contribution < -0.4 is 0 Å². The van der Waals surface area contributed by atoms with Crippen molar-refractivity contribution in [3.05, 3.63) is 71.8 Å². The van der Waals surface area contributed by atoms with Gasteiger partial charge in [0.25, 0.3) is 0 Å². The number of hydrogen-bond donors (Lipinski definition) is 1. The maximum absolute atomic E-state index is 13.7. The SMILES string of the molecule is CCCC(C(=O)OCC)C1(O)SCC2C1N(Cc1ccccc1)C(=O)N2Cc1ccccc1. The lowest BCUT2D eigenvalue weighted by Gasteiger charge is -2.38. The van der Waals surface area contributed by atoms with Crippen LogP contribution in [0.1, 0.15) is 37.8 Å². The standard InChI is InChI=1S/C26H32N2O4S/c1-3-11-21(24(29)32-4-2)26(31)23-22(18-33-26)27(16-19-12-7-5-8-13-19)25(30)28(23)17-20-14-9-6-10-15-20/h5-10,12-15,21-23,31H,3-4,11,16-18H2,1-2H3. The van der Waals surface area contributed by atoms with Crippen LogP contribution in [-0.4, -0.2) is 56.3 Å². The molecule has 1 N–H and O–H groups in total. The summed E-state index contributed by atoms with van der Waals surface area (Å²) in [5.74, 6) is -0.501. The fourth-order valence-corrected chi connectivity index (χ4v) is 6.70. The van der Waals surface area contributed by atoms with Gasteiger partial charge in [-0.25, -0.2) is 4.79 Å². The van der Waals surface area contributed by atoms with Crippen molar-refractivity contribution < 1.29 is 19.4 Å². The Kier molecular flexibility index (Phi) is 7.29. The summed E-state index contributed by atoms with van der Waals surface area (Å²) in [4.78, 5) is 28.9. The molecular weight excluding hydrogens is 436 g/mol. The van der Waals surface area contributed by atoms with Crippen molar-refractivity contribution >= 4 is 23.8 Å². The molecule has 2 aliphatic heterocycles. The van der Waals surface area contributed by atoms with E-state index in [1.54, 1.807) is 11.8 Å². The number of carbonyl (C=O) groups is 2. The Morgan fingerprint density at radius 2 is 1.64 bits per heavy atom. The lowest BCUT2D eigenvalue weighted by molar-refractivity contribution is -0.155. The van der Waals surface area contributed by atoms with Gasteiger partial charge in [-0.1, -0.05) is 74.0 Å². The van der Waals surface area contributed by atoms with E-state index in [4.69, 9.17) is 4.74 Å². The highest BCUT2D eigenvalue weighted by Gasteiger charge is 2.64. The Hall–Kier alpha value is -2.51. The van der Waals surface area contributed by atoms with Crippen LogP contribution in [0.15, 0.2) is 60.7 Å². The molecule has 2 aliphatic rings. The molecule has 33 heavy (non-hydrogen) atoms. The fraction of sp³-hybridized carbons (Fsp3) is 0.462. The topological polar surface area (TPSA) is 70.1 Å². The third-order valence-corrected chi connectivity index (χ3v) is 8.04. The Morgan fingerprint density at radius 3 is 2.18 bits per heavy atom. The minimum absolute atomic E-state index is 0.101. The van der Waals surface area contributed by atoms with Crippen molar-refractivity contribution in [3.63, 3.8) is 0 Å². The number of hydrogen-bond acceptors (Lipinski definition) is 5. The molecule has 2 fully saturated rings. The van der Waals surface area contributed by atoms with E-state index in [0.29, 0.717) is 25.3 Å². The van der Waals surface area contributed by atoms with Gasteiger partial charge < -0.3 is 19.6 Å². The second kappa shape index (κ2) is 10.2. The number of thioether (sulfide) groups is 1. The Balaban J connectivity index is 1.70. The first-order valence-corrected chi connectivity index (χ1v) is 12.7. The van der Waals surface area contributed by atoms with Gasteiger partial charge in [0.05, 0.1) is 24.6 Å². The van der Waals surface area contributed by atoms with Crippen molar-refractivity contribution in [2.45, 2.75) is 56.8 Å². The van der Waals surface area contributed by atoms with Gasteiger partial charge in [-0.2, -0.15) is 0 Å². The summed E-state index contributed by atoms with van der Waals surface area (Å²) in [6, 6.07) is 18.9. The zero-order valence-electron chi connectivity index (χ0n) is 19.2. The summed E-state index contributed by atoms with van der Waals surface area (Å²) in [5.41, 5.74) is 2.04. The highest BCUT2D eigenvalue weighted by atomic mass is 32.2. The Labute approximate surface area is 199 Å². The number of nitrogens with zero attached hydrogens (tertiary/aromatic N) is 2. The number of rotatable bonds is 9. The van der Waals surface area contributed by atoms with Gasteiger partial charge in [0.15, 0.2) is 0 Å². The molecule has 2 amide bonds. The summed E-state index contributed by atoms with van der Waals surface area (Å²) < 4.78 is 5.36. The van der Waals surface area contributed by atoms with Gasteiger partial charge in [0.2, 0.25) is 0 Å². The average molecular weight is 469 g/mol. The zero-order chi connectivity index (χ0) is 23.4. The minimum Gasteiger partial charge on any atom is -0.466 e. The predicted octanol–water partition coefficient (Wildman–Crippen LogP) is 4.28. The van der Waals surface area contributed by atoms with Gasteiger partial charge in [-0.15, -0.1) is 11.8 Å². The minimum atomic E-state index is -1.40. The lowest BCUT2D eigenvalue weighted by atomic mass is 9.88. The summed E-state index contributed by atoms with van der Waals surface area (Å²) in [6.45, 7) is 4.89. The maximum Gasteiger partial charge on any atom is 0.321 e. The molecule has 0 saturated carbocycles. The largest absolute Gasteiger partial charge is 0.466 e. The second-order valence-corrected chi connectivity index (χ2v) is 9.95. The van der Waals surface area contributed by atoms with E-state index >= 15 is 0 Å². The summed E-state index contributed by atoms with van der Waals surface area (Å²) >= 11 is 1.39. The first kappa shape index (κ1) is 23.6. The molecular formula is C26H32N2O4S. The average Bonchev–Trinajstić information content (AvgIpc) is 3.30. The number of esters is 1. The molecule has 2 aromatic rings. The van der Waals surface area contributed by atoms with E-state index in [9.17, 15) is 14.7 Å². The van der Waals surface area contributed by atoms with Gasteiger partial charge in [0.1, 0.15) is 4.93 Å². The molecule has 176 valence electrons. The summed E-state index contributed by atoms with van der Waals surface area (Å²) in [7, 11) is 0. The van der Waals surface area contributed by atoms with Crippen LogP contribution >= 0.6 is 11.8 Å². The third-order valence-electron chi connectivity index (χ3n) is 6.54. The van der Waals surface area contributed by atoms with Crippen LogP contribution in [-0.2, 0) is 22.6 Å². The smallest absolute Gasteiger partial charge is 0.321 e. The molecule has 0 aliphatic carbocycles. The number of ether oxygens (including phenoxy) is 1. The van der Waals surface area contributed by atoms with Crippen LogP contribution in [0.2, 0.25) is 0 Å². The fourth-order valence-electron chi connectivity index (χ4n) is 5.03. The molecule has 2 aromatic carbocycles.